The monoisotopic (exact) mass is 251 g/mol. The van der Waals surface area contributed by atoms with Gasteiger partial charge in [-0.25, -0.2) is 0 Å². The van der Waals surface area contributed by atoms with Crippen LogP contribution in [0.2, 0.25) is 5.02 Å². The minimum absolute atomic E-state index is 0.268. The third kappa shape index (κ3) is 2.58. The molecular formula is C14H18ClNO. The largest absolute Gasteiger partial charge is 0.488 e. The van der Waals surface area contributed by atoms with Gasteiger partial charge in [0.05, 0.1) is 0 Å². The van der Waals surface area contributed by atoms with Crippen molar-refractivity contribution in [2.45, 2.75) is 38.3 Å². The summed E-state index contributed by atoms with van der Waals surface area (Å²) < 4.78 is 5.89. The molecule has 2 aliphatic rings. The highest BCUT2D eigenvalue weighted by atomic mass is 35.5. The van der Waals surface area contributed by atoms with Gasteiger partial charge >= 0.3 is 0 Å². The third-order valence-electron chi connectivity index (χ3n) is 3.76. The molecule has 1 aromatic rings. The van der Waals surface area contributed by atoms with Crippen LogP contribution < -0.4 is 10.1 Å². The predicted molar refractivity (Wildman–Crippen MR) is 69.8 cm³/mol. The van der Waals surface area contributed by atoms with Crippen molar-refractivity contribution in [2.24, 2.45) is 5.92 Å². The Labute approximate surface area is 107 Å². The quantitative estimate of drug-likeness (QED) is 0.888. The van der Waals surface area contributed by atoms with Crippen LogP contribution in [0.4, 0.5) is 0 Å². The minimum Gasteiger partial charge on any atom is -0.488 e. The highest BCUT2D eigenvalue weighted by Crippen LogP contribution is 2.33. The molecule has 2 unspecified atom stereocenters. The van der Waals surface area contributed by atoms with Crippen molar-refractivity contribution in [3.8, 4) is 5.75 Å². The molecule has 1 N–H and O–H groups in total. The normalized spacial score (nSPS) is 24.2. The highest BCUT2D eigenvalue weighted by Gasteiger charge is 2.29. The fourth-order valence-corrected chi connectivity index (χ4v) is 2.68. The molecule has 1 aliphatic heterocycles. The average molecular weight is 252 g/mol. The SMILES string of the molecule is CC(NCC1Cc2cc(Cl)ccc2O1)C1CC1. The number of hydrogen-bond acceptors (Lipinski definition) is 2. The van der Waals surface area contributed by atoms with E-state index >= 15 is 0 Å². The van der Waals surface area contributed by atoms with E-state index in [1.165, 1.54) is 18.4 Å². The maximum atomic E-state index is 5.98. The van der Waals surface area contributed by atoms with Gasteiger partial charge < -0.3 is 10.1 Å². The second-order valence-corrected chi connectivity index (χ2v) is 5.67. The van der Waals surface area contributed by atoms with Crippen LogP contribution in [0.5, 0.6) is 5.75 Å². The minimum atomic E-state index is 0.268. The van der Waals surface area contributed by atoms with E-state index in [1.54, 1.807) is 0 Å². The number of halogens is 1. The van der Waals surface area contributed by atoms with E-state index < -0.39 is 0 Å². The Kier molecular flexibility index (Phi) is 3.01. The van der Waals surface area contributed by atoms with Crippen LogP contribution in [0.1, 0.15) is 25.3 Å². The first-order valence-corrected chi connectivity index (χ1v) is 6.78. The number of nitrogens with one attached hydrogen (secondary N) is 1. The van der Waals surface area contributed by atoms with Gasteiger partial charge in [-0.05, 0) is 49.4 Å². The van der Waals surface area contributed by atoms with E-state index in [1.807, 2.05) is 18.2 Å². The summed E-state index contributed by atoms with van der Waals surface area (Å²) in [5, 5.41) is 4.38. The van der Waals surface area contributed by atoms with Crippen molar-refractivity contribution < 1.29 is 4.74 Å². The Morgan fingerprint density at radius 1 is 1.47 bits per heavy atom. The van der Waals surface area contributed by atoms with Crippen molar-refractivity contribution in [1.29, 1.82) is 0 Å². The molecule has 3 rings (SSSR count). The number of ether oxygens (including phenoxy) is 1. The molecule has 1 aliphatic carbocycles. The summed E-state index contributed by atoms with van der Waals surface area (Å²) in [6.45, 7) is 3.21. The standard InChI is InChI=1S/C14H18ClNO/c1-9(10-2-3-10)16-8-13-7-11-6-12(15)4-5-14(11)17-13/h4-6,9-10,13,16H,2-3,7-8H2,1H3. The zero-order chi connectivity index (χ0) is 11.8. The van der Waals surface area contributed by atoms with Crippen molar-refractivity contribution in [3.63, 3.8) is 0 Å². The molecule has 0 saturated heterocycles. The van der Waals surface area contributed by atoms with Crippen molar-refractivity contribution in [3.05, 3.63) is 28.8 Å². The number of fused-ring (bicyclic) bond motifs is 1. The molecule has 2 atom stereocenters. The molecule has 1 saturated carbocycles. The van der Waals surface area contributed by atoms with Gasteiger partial charge in [0.15, 0.2) is 0 Å². The molecule has 0 amide bonds. The maximum Gasteiger partial charge on any atom is 0.123 e. The third-order valence-corrected chi connectivity index (χ3v) is 4.00. The van der Waals surface area contributed by atoms with Crippen molar-refractivity contribution >= 4 is 11.6 Å². The lowest BCUT2D eigenvalue weighted by atomic mass is 10.1. The number of rotatable bonds is 4. The molecule has 1 heterocycles. The van der Waals surface area contributed by atoms with Crippen molar-refractivity contribution in [2.75, 3.05) is 6.54 Å². The van der Waals surface area contributed by atoms with Gasteiger partial charge in [-0.3, -0.25) is 0 Å². The second-order valence-electron chi connectivity index (χ2n) is 5.23. The van der Waals surface area contributed by atoms with Gasteiger partial charge in [-0.15, -0.1) is 0 Å². The summed E-state index contributed by atoms with van der Waals surface area (Å²) >= 11 is 5.98. The van der Waals surface area contributed by atoms with Gasteiger partial charge in [0.25, 0.3) is 0 Å². The predicted octanol–water partition coefficient (Wildman–Crippen LogP) is 3.03. The number of benzene rings is 1. The topological polar surface area (TPSA) is 21.3 Å². The Bertz CT molecular complexity index is 417. The molecule has 0 radical (unpaired) electrons. The molecular weight excluding hydrogens is 234 g/mol. The fourth-order valence-electron chi connectivity index (χ4n) is 2.48. The molecule has 0 spiro atoms. The zero-order valence-corrected chi connectivity index (χ0v) is 10.8. The first-order valence-electron chi connectivity index (χ1n) is 6.41. The lowest BCUT2D eigenvalue weighted by molar-refractivity contribution is 0.220. The van der Waals surface area contributed by atoms with Crippen LogP contribution >= 0.6 is 11.6 Å². The van der Waals surface area contributed by atoms with Gasteiger partial charge in [0, 0.05) is 24.0 Å². The summed E-state index contributed by atoms with van der Waals surface area (Å²) in [5.74, 6) is 1.90. The first-order chi connectivity index (χ1) is 8.22. The van der Waals surface area contributed by atoms with E-state index in [0.717, 1.165) is 29.7 Å². The zero-order valence-electron chi connectivity index (χ0n) is 10.1. The molecule has 1 fully saturated rings. The van der Waals surface area contributed by atoms with Crippen LogP contribution in [0, 0.1) is 5.92 Å². The average Bonchev–Trinajstić information content (AvgIpc) is 3.07. The lowest BCUT2D eigenvalue weighted by Crippen LogP contribution is -2.36. The van der Waals surface area contributed by atoms with E-state index in [4.69, 9.17) is 16.3 Å². The Morgan fingerprint density at radius 2 is 2.29 bits per heavy atom. The summed E-state index contributed by atoms with van der Waals surface area (Å²) in [4.78, 5) is 0. The summed E-state index contributed by atoms with van der Waals surface area (Å²) in [5.41, 5.74) is 1.24. The summed E-state index contributed by atoms with van der Waals surface area (Å²) in [6.07, 6.45) is 4.01. The first kappa shape index (κ1) is 11.4. The summed E-state index contributed by atoms with van der Waals surface area (Å²) in [7, 11) is 0. The van der Waals surface area contributed by atoms with Gasteiger partial charge in [0.1, 0.15) is 11.9 Å². The van der Waals surface area contributed by atoms with Crippen LogP contribution in [-0.2, 0) is 6.42 Å². The van der Waals surface area contributed by atoms with E-state index in [9.17, 15) is 0 Å². The van der Waals surface area contributed by atoms with Gasteiger partial charge in [-0.1, -0.05) is 11.6 Å². The van der Waals surface area contributed by atoms with Crippen molar-refractivity contribution in [1.82, 2.24) is 5.32 Å². The van der Waals surface area contributed by atoms with E-state index in [-0.39, 0.29) is 6.10 Å². The molecule has 17 heavy (non-hydrogen) atoms. The highest BCUT2D eigenvalue weighted by molar-refractivity contribution is 6.30. The molecule has 92 valence electrons. The Balaban J connectivity index is 1.54. The lowest BCUT2D eigenvalue weighted by Gasteiger charge is -2.16. The fraction of sp³-hybridized carbons (Fsp3) is 0.571. The van der Waals surface area contributed by atoms with Crippen LogP contribution in [0.25, 0.3) is 0 Å². The molecule has 2 nitrogen and oxygen atoms in total. The molecule has 3 heteroatoms. The van der Waals surface area contributed by atoms with E-state index in [0.29, 0.717) is 6.04 Å². The van der Waals surface area contributed by atoms with Gasteiger partial charge in [0.2, 0.25) is 0 Å². The smallest absolute Gasteiger partial charge is 0.123 e. The molecule has 1 aromatic carbocycles. The second kappa shape index (κ2) is 4.51. The van der Waals surface area contributed by atoms with Crippen LogP contribution in [-0.4, -0.2) is 18.7 Å². The maximum absolute atomic E-state index is 5.98. The van der Waals surface area contributed by atoms with Crippen LogP contribution in [0.15, 0.2) is 18.2 Å². The Morgan fingerprint density at radius 3 is 3.06 bits per heavy atom. The Hall–Kier alpha value is -0.730. The molecule has 0 aromatic heterocycles. The summed E-state index contributed by atoms with van der Waals surface area (Å²) in [6, 6.07) is 6.51. The van der Waals surface area contributed by atoms with Gasteiger partial charge in [-0.2, -0.15) is 0 Å². The van der Waals surface area contributed by atoms with E-state index in [2.05, 4.69) is 12.2 Å². The molecule has 0 bridgehead atoms. The van der Waals surface area contributed by atoms with Crippen LogP contribution in [0.3, 0.4) is 0 Å². The number of hydrogen-bond donors (Lipinski definition) is 1.